The third-order valence-electron chi connectivity index (χ3n) is 4.82. The largest absolute Gasteiger partial charge is 0.334 e. The number of aromatic nitrogens is 1. The minimum absolute atomic E-state index is 0.0914. The van der Waals surface area contributed by atoms with Crippen molar-refractivity contribution in [2.75, 3.05) is 11.9 Å². The second-order valence-corrected chi connectivity index (χ2v) is 6.93. The summed E-state index contributed by atoms with van der Waals surface area (Å²) >= 11 is 5.87. The number of halogens is 1. The van der Waals surface area contributed by atoms with Crippen molar-refractivity contribution in [1.82, 2.24) is 14.8 Å². The molecular formula is C17H19ClN4O4. The van der Waals surface area contributed by atoms with Crippen molar-refractivity contribution in [3.63, 3.8) is 0 Å². The highest BCUT2D eigenvalue weighted by Gasteiger charge is 2.49. The molecule has 1 aromatic rings. The van der Waals surface area contributed by atoms with Gasteiger partial charge in [0.05, 0.1) is 5.69 Å². The first-order valence-corrected chi connectivity index (χ1v) is 8.87. The predicted octanol–water partition coefficient (Wildman–Crippen LogP) is 2.04. The van der Waals surface area contributed by atoms with Gasteiger partial charge in [-0.2, -0.15) is 0 Å². The minimum atomic E-state index is -0.972. The second kappa shape index (κ2) is 7.41. The van der Waals surface area contributed by atoms with Gasteiger partial charge in [-0.25, -0.2) is 14.7 Å². The van der Waals surface area contributed by atoms with Gasteiger partial charge in [0.25, 0.3) is 0 Å². The van der Waals surface area contributed by atoms with Gasteiger partial charge in [0.1, 0.15) is 6.54 Å². The molecule has 138 valence electrons. The lowest BCUT2D eigenvalue weighted by atomic mass is 9.85. The van der Waals surface area contributed by atoms with E-state index in [4.69, 9.17) is 11.6 Å². The summed E-state index contributed by atoms with van der Waals surface area (Å²) in [6, 6.07) is 2.10. The number of pyridine rings is 1. The third kappa shape index (κ3) is 3.41. The molecular weight excluding hydrogens is 360 g/mol. The van der Waals surface area contributed by atoms with Crippen LogP contribution in [0, 0.1) is 5.92 Å². The summed E-state index contributed by atoms with van der Waals surface area (Å²) in [5, 5.41) is 2.58. The predicted molar refractivity (Wildman–Crippen MR) is 93.3 cm³/mol. The summed E-state index contributed by atoms with van der Waals surface area (Å²) in [6.07, 6.45) is 4.99. The maximum absolute atomic E-state index is 12.6. The molecule has 2 heterocycles. The number of nitrogens with one attached hydrogen (secondary N) is 1. The first kappa shape index (κ1) is 18.3. The highest BCUT2D eigenvalue weighted by atomic mass is 35.5. The zero-order chi connectivity index (χ0) is 18.8. The first-order valence-electron chi connectivity index (χ1n) is 8.49. The summed E-state index contributed by atoms with van der Waals surface area (Å²) in [4.78, 5) is 54.9. The summed E-state index contributed by atoms with van der Waals surface area (Å²) in [5.41, 5.74) is 0.266. The Bertz CT molecular complexity index is 769. The average Bonchev–Trinajstić information content (AvgIpc) is 2.81. The quantitative estimate of drug-likeness (QED) is 0.491. The Labute approximate surface area is 155 Å². The van der Waals surface area contributed by atoms with Crippen molar-refractivity contribution in [2.45, 2.75) is 38.6 Å². The fourth-order valence-electron chi connectivity index (χ4n) is 3.45. The van der Waals surface area contributed by atoms with Crippen LogP contribution >= 0.6 is 11.6 Å². The van der Waals surface area contributed by atoms with Crippen LogP contribution in [0.4, 0.5) is 10.5 Å². The zero-order valence-corrected chi connectivity index (χ0v) is 15.0. The Kier molecular flexibility index (Phi) is 5.22. The lowest BCUT2D eigenvalue weighted by molar-refractivity contribution is -0.145. The van der Waals surface area contributed by atoms with Gasteiger partial charge >= 0.3 is 17.8 Å². The number of imide groups is 2. The van der Waals surface area contributed by atoms with Gasteiger partial charge in [-0.15, -0.1) is 0 Å². The summed E-state index contributed by atoms with van der Waals surface area (Å²) < 4.78 is 0. The van der Waals surface area contributed by atoms with E-state index in [9.17, 15) is 19.2 Å². The number of carbonyl (C=O) groups is 4. The molecule has 2 atom stereocenters. The van der Waals surface area contributed by atoms with Crippen molar-refractivity contribution in [3.05, 3.63) is 23.5 Å². The maximum Gasteiger partial charge on any atom is 0.334 e. The number of amides is 5. The maximum atomic E-state index is 12.6. The van der Waals surface area contributed by atoms with Crippen LogP contribution < -0.4 is 5.32 Å². The fourth-order valence-corrected chi connectivity index (χ4v) is 3.61. The van der Waals surface area contributed by atoms with Crippen LogP contribution in [-0.4, -0.2) is 51.1 Å². The Hall–Kier alpha value is -2.48. The summed E-state index contributed by atoms with van der Waals surface area (Å²) in [7, 11) is 0. The first-order chi connectivity index (χ1) is 12.4. The molecule has 3 rings (SSSR count). The Morgan fingerprint density at radius 3 is 2.69 bits per heavy atom. The lowest BCUT2D eigenvalue weighted by Crippen LogP contribution is -2.46. The molecule has 0 aromatic carbocycles. The van der Waals surface area contributed by atoms with E-state index in [1.807, 2.05) is 6.92 Å². The second-order valence-electron chi connectivity index (χ2n) is 6.57. The molecule has 9 heteroatoms. The zero-order valence-electron chi connectivity index (χ0n) is 14.3. The molecule has 5 amide bonds. The molecule has 1 saturated heterocycles. The number of nitrogens with zero attached hydrogens (tertiary/aromatic N) is 3. The van der Waals surface area contributed by atoms with Crippen LogP contribution in [0.1, 0.15) is 32.6 Å². The Morgan fingerprint density at radius 2 is 2.00 bits per heavy atom. The van der Waals surface area contributed by atoms with E-state index in [1.165, 1.54) is 6.20 Å². The molecule has 1 aliphatic heterocycles. The van der Waals surface area contributed by atoms with Crippen LogP contribution in [0.5, 0.6) is 0 Å². The molecule has 0 unspecified atom stereocenters. The van der Waals surface area contributed by atoms with Crippen molar-refractivity contribution in [3.8, 4) is 0 Å². The van der Waals surface area contributed by atoms with E-state index in [2.05, 4.69) is 10.3 Å². The summed E-state index contributed by atoms with van der Waals surface area (Å²) in [6.45, 7) is 1.42. The standard InChI is InChI=1S/C17H19ClN4O4/c1-10-5-2-3-7-12(10)22-16(25)15(24)21(17(22)26)9-13(23)20-11-6-4-8-19-14(11)18/h4,6,8,10,12H,2-3,5,7,9H2,1H3,(H,20,23)/t10-,12+/m1/s1. The molecule has 0 bridgehead atoms. The van der Waals surface area contributed by atoms with Crippen LogP contribution in [-0.2, 0) is 14.4 Å². The molecule has 26 heavy (non-hydrogen) atoms. The van der Waals surface area contributed by atoms with E-state index < -0.39 is 30.3 Å². The lowest BCUT2D eigenvalue weighted by Gasteiger charge is -2.34. The van der Waals surface area contributed by atoms with E-state index >= 15 is 0 Å². The smallest absolute Gasteiger partial charge is 0.322 e. The van der Waals surface area contributed by atoms with Crippen LogP contribution in [0.3, 0.4) is 0 Å². The third-order valence-corrected chi connectivity index (χ3v) is 5.12. The van der Waals surface area contributed by atoms with Crippen molar-refractivity contribution in [2.24, 2.45) is 5.92 Å². The van der Waals surface area contributed by atoms with E-state index in [1.54, 1.807) is 12.1 Å². The number of hydrogen-bond acceptors (Lipinski definition) is 5. The molecule has 2 fully saturated rings. The van der Waals surface area contributed by atoms with Gasteiger partial charge < -0.3 is 5.32 Å². The average molecular weight is 379 g/mol. The molecule has 1 saturated carbocycles. The molecule has 0 spiro atoms. The fraction of sp³-hybridized carbons (Fsp3) is 0.471. The molecule has 2 aliphatic rings. The Balaban J connectivity index is 1.71. The highest BCUT2D eigenvalue weighted by Crippen LogP contribution is 2.31. The molecule has 0 radical (unpaired) electrons. The van der Waals surface area contributed by atoms with Crippen LogP contribution in [0.25, 0.3) is 0 Å². The van der Waals surface area contributed by atoms with Crippen molar-refractivity contribution in [1.29, 1.82) is 0 Å². The molecule has 8 nitrogen and oxygen atoms in total. The van der Waals surface area contributed by atoms with Gasteiger partial charge in [0.2, 0.25) is 5.91 Å². The van der Waals surface area contributed by atoms with Gasteiger partial charge in [0, 0.05) is 12.2 Å². The van der Waals surface area contributed by atoms with Crippen LogP contribution in [0.2, 0.25) is 5.15 Å². The molecule has 1 aromatic heterocycles. The SMILES string of the molecule is C[C@@H]1CCCC[C@@H]1N1C(=O)C(=O)N(CC(=O)Nc2cccnc2Cl)C1=O. The topological polar surface area (TPSA) is 99.7 Å². The van der Waals surface area contributed by atoms with Gasteiger partial charge in [-0.3, -0.25) is 19.3 Å². The summed E-state index contributed by atoms with van der Waals surface area (Å²) in [5.74, 6) is -2.33. The van der Waals surface area contributed by atoms with E-state index in [0.29, 0.717) is 11.3 Å². The number of rotatable bonds is 4. The molecule has 1 N–H and O–H groups in total. The van der Waals surface area contributed by atoms with Gasteiger partial charge in [0.15, 0.2) is 5.15 Å². The van der Waals surface area contributed by atoms with Gasteiger partial charge in [-0.1, -0.05) is 31.4 Å². The van der Waals surface area contributed by atoms with Crippen molar-refractivity contribution < 1.29 is 19.2 Å². The monoisotopic (exact) mass is 378 g/mol. The number of urea groups is 1. The highest BCUT2D eigenvalue weighted by molar-refractivity contribution is 6.45. The normalized spacial score (nSPS) is 23.5. The number of anilines is 1. The van der Waals surface area contributed by atoms with Crippen molar-refractivity contribution >= 4 is 41.0 Å². The van der Waals surface area contributed by atoms with E-state index in [0.717, 1.165) is 24.2 Å². The Morgan fingerprint density at radius 1 is 1.27 bits per heavy atom. The number of hydrogen-bond donors (Lipinski definition) is 1. The minimum Gasteiger partial charge on any atom is -0.322 e. The van der Waals surface area contributed by atoms with Gasteiger partial charge in [-0.05, 0) is 30.9 Å². The van der Waals surface area contributed by atoms with Crippen LogP contribution in [0.15, 0.2) is 18.3 Å². The van der Waals surface area contributed by atoms with E-state index in [-0.39, 0.29) is 22.8 Å². The molecule has 1 aliphatic carbocycles. The number of carbonyl (C=O) groups excluding carboxylic acids is 4.